The maximum absolute atomic E-state index is 6.07. The number of hydrogen-bond donors (Lipinski definition) is 0. The number of rotatable bonds is 3. The Bertz CT molecular complexity index is 1200. The lowest BCUT2D eigenvalue weighted by Crippen LogP contribution is -2.21. The predicted octanol–water partition coefficient (Wildman–Crippen LogP) is 5.48. The molecule has 0 unspecified atom stereocenters. The number of aromatic nitrogens is 4. The molecule has 0 fully saturated rings. The van der Waals surface area contributed by atoms with Crippen LogP contribution in [-0.4, -0.2) is 19.9 Å². The summed E-state index contributed by atoms with van der Waals surface area (Å²) in [6, 6.07) is 18.7. The Hall–Kier alpha value is -3.25. The molecule has 3 heterocycles. The average molecular weight is 415 g/mol. The summed E-state index contributed by atoms with van der Waals surface area (Å²) in [5, 5.41) is 8.87. The van der Waals surface area contributed by atoms with Crippen molar-refractivity contribution in [1.82, 2.24) is 19.9 Å². The van der Waals surface area contributed by atoms with Crippen molar-refractivity contribution in [3.63, 3.8) is 0 Å². The summed E-state index contributed by atoms with van der Waals surface area (Å²) in [4.78, 5) is 4.58. The topological polar surface area (TPSA) is 66.0 Å². The van der Waals surface area contributed by atoms with Crippen molar-refractivity contribution in [2.24, 2.45) is 0 Å². The summed E-state index contributed by atoms with van der Waals surface area (Å²) in [6.45, 7) is 9.83. The van der Waals surface area contributed by atoms with Crippen LogP contribution >= 0.6 is 0 Å². The first-order valence-corrected chi connectivity index (χ1v) is 10.6. The van der Waals surface area contributed by atoms with Crippen molar-refractivity contribution < 1.29 is 9.26 Å². The molecule has 0 radical (unpaired) electrons. The molecule has 0 bridgehead atoms. The van der Waals surface area contributed by atoms with Crippen LogP contribution < -0.4 is 0 Å². The van der Waals surface area contributed by atoms with Gasteiger partial charge in [0.1, 0.15) is 6.10 Å². The molecule has 6 nitrogen and oxygen atoms in total. The summed E-state index contributed by atoms with van der Waals surface area (Å²) in [6.07, 6.45) is -0.0135. The van der Waals surface area contributed by atoms with E-state index in [1.807, 2.05) is 22.9 Å². The molecule has 0 amide bonds. The zero-order valence-corrected chi connectivity index (χ0v) is 18.3. The molecule has 0 saturated heterocycles. The van der Waals surface area contributed by atoms with Gasteiger partial charge in [0.05, 0.1) is 18.8 Å². The van der Waals surface area contributed by atoms with E-state index in [0.29, 0.717) is 30.6 Å². The molecule has 2 aromatic carbocycles. The summed E-state index contributed by atoms with van der Waals surface area (Å²) < 4.78 is 13.6. The molecule has 31 heavy (non-hydrogen) atoms. The average Bonchev–Trinajstić information content (AvgIpc) is 3.40. The van der Waals surface area contributed by atoms with Crippen LogP contribution in [0.1, 0.15) is 49.3 Å². The van der Waals surface area contributed by atoms with Crippen molar-refractivity contribution in [2.75, 3.05) is 0 Å². The summed E-state index contributed by atoms with van der Waals surface area (Å²) in [7, 11) is 0. The standard InChI is InChI=1S/C25H26N4O2/c1-16-5-7-17(8-6-16)22-14-29-20(15-30-22)13-21(27-29)24-26-23(28-31-24)18-9-11-19(12-10-18)25(2,3)4/h5-13,22H,14-15H2,1-4H3/t22-/m0/s1. The van der Waals surface area contributed by atoms with Gasteiger partial charge in [-0.1, -0.05) is 80.0 Å². The second kappa shape index (κ2) is 7.46. The van der Waals surface area contributed by atoms with Crippen LogP contribution in [0.3, 0.4) is 0 Å². The van der Waals surface area contributed by atoms with Crippen LogP contribution in [0, 0.1) is 6.92 Å². The monoisotopic (exact) mass is 414 g/mol. The molecule has 5 rings (SSSR count). The first-order chi connectivity index (χ1) is 14.9. The lowest BCUT2D eigenvalue weighted by atomic mass is 9.87. The normalized spacial score (nSPS) is 16.3. The fourth-order valence-electron chi connectivity index (χ4n) is 3.78. The number of benzene rings is 2. The molecule has 0 spiro atoms. The van der Waals surface area contributed by atoms with E-state index in [4.69, 9.17) is 14.4 Å². The summed E-state index contributed by atoms with van der Waals surface area (Å²) >= 11 is 0. The van der Waals surface area contributed by atoms with E-state index in [1.54, 1.807) is 0 Å². The molecule has 2 aromatic heterocycles. The maximum atomic E-state index is 6.07. The molecule has 1 aliphatic rings. The van der Waals surface area contributed by atoms with Crippen LogP contribution in [0.15, 0.2) is 59.1 Å². The third-order valence-corrected chi connectivity index (χ3v) is 5.74. The van der Waals surface area contributed by atoms with Crippen LogP contribution in [0.5, 0.6) is 0 Å². The molecular formula is C25H26N4O2. The summed E-state index contributed by atoms with van der Waals surface area (Å²) in [5.41, 5.74) is 6.38. The molecule has 1 aliphatic heterocycles. The number of hydrogen-bond acceptors (Lipinski definition) is 5. The smallest absolute Gasteiger partial charge is 0.278 e. The van der Waals surface area contributed by atoms with E-state index in [9.17, 15) is 0 Å². The van der Waals surface area contributed by atoms with Gasteiger partial charge in [-0.2, -0.15) is 10.1 Å². The minimum absolute atomic E-state index is 0.0135. The first-order valence-electron chi connectivity index (χ1n) is 10.6. The number of ether oxygens (including phenoxy) is 1. The quantitative estimate of drug-likeness (QED) is 0.444. The maximum Gasteiger partial charge on any atom is 0.278 e. The largest absolute Gasteiger partial charge is 0.365 e. The van der Waals surface area contributed by atoms with Gasteiger partial charge in [0.25, 0.3) is 5.89 Å². The highest BCUT2D eigenvalue weighted by molar-refractivity contribution is 5.58. The van der Waals surface area contributed by atoms with Crippen molar-refractivity contribution in [3.8, 4) is 23.0 Å². The molecule has 158 valence electrons. The van der Waals surface area contributed by atoms with Crippen LogP contribution in [0.2, 0.25) is 0 Å². The third kappa shape index (κ3) is 3.91. The highest BCUT2D eigenvalue weighted by Crippen LogP contribution is 2.30. The minimum Gasteiger partial charge on any atom is -0.365 e. The van der Waals surface area contributed by atoms with Crippen molar-refractivity contribution >= 4 is 0 Å². The van der Waals surface area contributed by atoms with Gasteiger partial charge in [0, 0.05) is 5.56 Å². The number of aryl methyl sites for hydroxylation is 1. The Labute approximate surface area is 181 Å². The van der Waals surface area contributed by atoms with Gasteiger partial charge >= 0.3 is 0 Å². The first kappa shape index (κ1) is 19.7. The lowest BCUT2D eigenvalue weighted by Gasteiger charge is -2.24. The van der Waals surface area contributed by atoms with Gasteiger partial charge in [-0.15, -0.1) is 0 Å². The Morgan fingerprint density at radius 2 is 1.74 bits per heavy atom. The van der Waals surface area contributed by atoms with Crippen molar-refractivity contribution in [2.45, 2.75) is 52.4 Å². The third-order valence-electron chi connectivity index (χ3n) is 5.74. The Morgan fingerprint density at radius 3 is 2.45 bits per heavy atom. The molecule has 0 N–H and O–H groups in total. The lowest BCUT2D eigenvalue weighted by molar-refractivity contribution is -0.00113. The molecular weight excluding hydrogens is 388 g/mol. The zero-order chi connectivity index (χ0) is 21.6. The highest BCUT2D eigenvalue weighted by Gasteiger charge is 2.24. The molecule has 6 heteroatoms. The van der Waals surface area contributed by atoms with Crippen LogP contribution in [0.4, 0.5) is 0 Å². The molecule has 4 aromatic rings. The van der Waals surface area contributed by atoms with Gasteiger partial charge in [0.15, 0.2) is 5.69 Å². The highest BCUT2D eigenvalue weighted by atomic mass is 16.5. The van der Waals surface area contributed by atoms with Crippen molar-refractivity contribution in [1.29, 1.82) is 0 Å². The van der Waals surface area contributed by atoms with E-state index in [2.05, 4.69) is 74.2 Å². The number of nitrogens with zero attached hydrogens (tertiary/aromatic N) is 4. The van der Waals surface area contributed by atoms with Gasteiger partial charge in [-0.05, 0) is 29.5 Å². The van der Waals surface area contributed by atoms with Gasteiger partial charge < -0.3 is 9.26 Å². The molecule has 0 aliphatic carbocycles. The minimum atomic E-state index is -0.0135. The van der Waals surface area contributed by atoms with E-state index in [-0.39, 0.29) is 11.5 Å². The van der Waals surface area contributed by atoms with E-state index >= 15 is 0 Å². The Balaban J connectivity index is 1.36. The number of fused-ring (bicyclic) bond motifs is 1. The van der Waals surface area contributed by atoms with Crippen LogP contribution in [-0.2, 0) is 23.3 Å². The SMILES string of the molecule is Cc1ccc([C@@H]2Cn3nc(-c4nc(-c5ccc(C(C)(C)C)cc5)no4)cc3CO2)cc1. The van der Waals surface area contributed by atoms with E-state index < -0.39 is 0 Å². The predicted molar refractivity (Wildman–Crippen MR) is 118 cm³/mol. The summed E-state index contributed by atoms with van der Waals surface area (Å²) in [5.74, 6) is 0.985. The van der Waals surface area contributed by atoms with Crippen molar-refractivity contribution in [3.05, 3.63) is 77.0 Å². The Morgan fingerprint density at radius 1 is 1.00 bits per heavy atom. The van der Waals surface area contributed by atoms with Gasteiger partial charge in [0.2, 0.25) is 5.82 Å². The van der Waals surface area contributed by atoms with E-state index in [0.717, 1.165) is 16.8 Å². The Kier molecular flexibility index (Phi) is 4.74. The second-order valence-electron chi connectivity index (χ2n) is 9.16. The second-order valence-corrected chi connectivity index (χ2v) is 9.16. The molecule has 0 saturated carbocycles. The van der Waals surface area contributed by atoms with Crippen LogP contribution in [0.25, 0.3) is 23.0 Å². The zero-order valence-electron chi connectivity index (χ0n) is 18.3. The van der Waals surface area contributed by atoms with E-state index in [1.165, 1.54) is 11.1 Å². The van der Waals surface area contributed by atoms with Gasteiger partial charge in [-0.3, -0.25) is 4.68 Å². The fourth-order valence-corrected chi connectivity index (χ4v) is 3.78. The fraction of sp³-hybridized carbons (Fsp3) is 0.320. The molecule has 1 atom stereocenters. The van der Waals surface area contributed by atoms with Gasteiger partial charge in [-0.25, -0.2) is 0 Å².